The molecule has 0 atom stereocenters. The van der Waals surface area contributed by atoms with Crippen LogP contribution in [-0.2, 0) is 6.54 Å². The summed E-state index contributed by atoms with van der Waals surface area (Å²) in [5, 5.41) is 18.9. The first-order valence-electron chi connectivity index (χ1n) is 7.87. The number of methoxy groups -OCH3 is 1. The van der Waals surface area contributed by atoms with Gasteiger partial charge < -0.3 is 19.8 Å². The van der Waals surface area contributed by atoms with E-state index in [2.05, 4.69) is 0 Å². The van der Waals surface area contributed by atoms with Gasteiger partial charge in [0.05, 0.1) is 13.2 Å². The van der Waals surface area contributed by atoms with Crippen LogP contribution in [0.25, 0.3) is 0 Å². The lowest BCUT2D eigenvalue weighted by Crippen LogP contribution is -2.31. The lowest BCUT2D eigenvalue weighted by atomic mass is 9.85. The van der Waals surface area contributed by atoms with Gasteiger partial charge in [-0.3, -0.25) is 0 Å². The van der Waals surface area contributed by atoms with Crippen molar-refractivity contribution in [3.63, 3.8) is 0 Å². The van der Waals surface area contributed by atoms with Gasteiger partial charge in [0.1, 0.15) is 5.75 Å². The van der Waals surface area contributed by atoms with Gasteiger partial charge in [-0.1, -0.05) is 12.1 Å². The number of benzene rings is 1. The van der Waals surface area contributed by atoms with Gasteiger partial charge in [0.25, 0.3) is 0 Å². The summed E-state index contributed by atoms with van der Waals surface area (Å²) in [6, 6.07) is 7.48. The third-order valence-corrected chi connectivity index (χ3v) is 4.43. The van der Waals surface area contributed by atoms with Crippen LogP contribution in [0.15, 0.2) is 24.3 Å². The first kappa shape index (κ1) is 16.6. The molecule has 1 aliphatic rings. The van der Waals surface area contributed by atoms with E-state index in [-0.39, 0.29) is 6.10 Å². The minimum Gasteiger partial charge on any atom is -0.497 e. The molecule has 1 aliphatic carbocycles. The highest BCUT2D eigenvalue weighted by molar-refractivity contribution is 5.65. The largest absolute Gasteiger partial charge is 0.497 e. The molecule has 0 radical (unpaired) electrons. The topological polar surface area (TPSA) is 70.0 Å². The normalized spacial score (nSPS) is 21.4. The van der Waals surface area contributed by atoms with Crippen LogP contribution in [0.5, 0.6) is 5.75 Å². The Morgan fingerprint density at radius 2 is 1.86 bits per heavy atom. The van der Waals surface area contributed by atoms with E-state index in [1.54, 1.807) is 7.11 Å². The van der Waals surface area contributed by atoms with Crippen molar-refractivity contribution in [2.24, 2.45) is 5.92 Å². The molecule has 1 saturated carbocycles. The summed E-state index contributed by atoms with van der Waals surface area (Å²) in [4.78, 5) is 12.9. The molecular weight excluding hydrogens is 282 g/mol. The average Bonchev–Trinajstić information content (AvgIpc) is 2.53. The van der Waals surface area contributed by atoms with Crippen molar-refractivity contribution < 1.29 is 19.7 Å². The molecule has 1 aromatic carbocycles. The zero-order chi connectivity index (χ0) is 15.9. The second-order valence-electron chi connectivity index (χ2n) is 6.02. The van der Waals surface area contributed by atoms with Crippen LogP contribution < -0.4 is 4.74 Å². The van der Waals surface area contributed by atoms with Gasteiger partial charge in [-0.05, 0) is 55.7 Å². The molecule has 0 bridgehead atoms. The number of aliphatic hydroxyl groups excluding tert-OH is 1. The van der Waals surface area contributed by atoms with Crippen molar-refractivity contribution in [1.29, 1.82) is 0 Å². The molecule has 2 N–H and O–H groups in total. The number of carboxylic acid groups (broad SMARTS) is 1. The van der Waals surface area contributed by atoms with Crippen LogP contribution in [0.3, 0.4) is 0 Å². The Labute approximate surface area is 131 Å². The third-order valence-electron chi connectivity index (χ3n) is 4.43. The van der Waals surface area contributed by atoms with Gasteiger partial charge in [0.15, 0.2) is 0 Å². The van der Waals surface area contributed by atoms with Crippen molar-refractivity contribution in [2.45, 2.75) is 44.8 Å². The van der Waals surface area contributed by atoms with Crippen LogP contribution >= 0.6 is 0 Å². The maximum Gasteiger partial charge on any atom is 0.407 e. The van der Waals surface area contributed by atoms with Crippen LogP contribution in [-0.4, -0.2) is 41.0 Å². The SMILES string of the molecule is COc1ccc(CN(CCC2CCC(O)CC2)C(=O)O)cc1. The molecule has 1 fully saturated rings. The molecule has 22 heavy (non-hydrogen) atoms. The molecule has 2 rings (SSSR count). The smallest absolute Gasteiger partial charge is 0.407 e. The summed E-state index contributed by atoms with van der Waals surface area (Å²) in [5.74, 6) is 1.30. The standard InChI is InChI=1S/C17H25NO4/c1-22-16-8-4-14(5-9-16)12-18(17(20)21)11-10-13-2-6-15(19)7-3-13/h4-5,8-9,13,15,19H,2-3,6-7,10-12H2,1H3,(H,20,21). The fourth-order valence-electron chi connectivity index (χ4n) is 2.97. The van der Waals surface area contributed by atoms with E-state index < -0.39 is 6.09 Å². The van der Waals surface area contributed by atoms with Crippen molar-refractivity contribution in [2.75, 3.05) is 13.7 Å². The van der Waals surface area contributed by atoms with Gasteiger partial charge in [-0.25, -0.2) is 4.79 Å². The number of hydrogen-bond donors (Lipinski definition) is 2. The summed E-state index contributed by atoms with van der Waals surface area (Å²) in [7, 11) is 1.61. The second-order valence-corrected chi connectivity index (χ2v) is 6.02. The molecule has 1 aromatic rings. The van der Waals surface area contributed by atoms with Gasteiger partial charge in [0, 0.05) is 13.1 Å². The number of amides is 1. The summed E-state index contributed by atoms with van der Waals surface area (Å²) >= 11 is 0. The van der Waals surface area contributed by atoms with Crippen molar-refractivity contribution in [3.05, 3.63) is 29.8 Å². The van der Waals surface area contributed by atoms with Crippen molar-refractivity contribution in [3.8, 4) is 5.75 Å². The first-order valence-corrected chi connectivity index (χ1v) is 7.87. The Bertz CT molecular complexity index is 466. The monoisotopic (exact) mass is 307 g/mol. The lowest BCUT2D eigenvalue weighted by Gasteiger charge is -2.27. The molecule has 5 nitrogen and oxygen atoms in total. The molecule has 0 aliphatic heterocycles. The predicted octanol–water partition coefficient (Wildman–Crippen LogP) is 3.12. The van der Waals surface area contributed by atoms with Gasteiger partial charge in [-0.15, -0.1) is 0 Å². The predicted molar refractivity (Wildman–Crippen MR) is 84.0 cm³/mol. The molecule has 0 aromatic heterocycles. The number of carbonyl (C=O) groups is 1. The molecule has 0 heterocycles. The number of ether oxygens (including phenoxy) is 1. The van der Waals surface area contributed by atoms with Crippen molar-refractivity contribution in [1.82, 2.24) is 4.90 Å². The average molecular weight is 307 g/mol. The Hall–Kier alpha value is -1.75. The summed E-state index contributed by atoms with van der Waals surface area (Å²) < 4.78 is 5.11. The molecule has 5 heteroatoms. The maximum absolute atomic E-state index is 11.4. The highest BCUT2D eigenvalue weighted by Gasteiger charge is 2.21. The summed E-state index contributed by atoms with van der Waals surface area (Å²) in [6.07, 6.45) is 3.51. The zero-order valence-corrected chi connectivity index (χ0v) is 13.1. The molecule has 0 saturated heterocycles. The van der Waals surface area contributed by atoms with Crippen LogP contribution in [0, 0.1) is 5.92 Å². The number of aliphatic hydroxyl groups is 1. The Kier molecular flexibility index (Phi) is 6.07. The fourth-order valence-corrected chi connectivity index (χ4v) is 2.97. The lowest BCUT2D eigenvalue weighted by molar-refractivity contribution is 0.0989. The number of rotatable bonds is 6. The molecule has 1 amide bonds. The molecule has 122 valence electrons. The van der Waals surface area contributed by atoms with E-state index in [4.69, 9.17) is 4.74 Å². The van der Waals surface area contributed by atoms with E-state index in [0.717, 1.165) is 43.4 Å². The minimum atomic E-state index is -0.883. The maximum atomic E-state index is 11.4. The van der Waals surface area contributed by atoms with E-state index >= 15 is 0 Å². The third kappa shape index (κ3) is 4.91. The van der Waals surface area contributed by atoms with E-state index in [1.807, 2.05) is 24.3 Å². The highest BCUT2D eigenvalue weighted by Crippen LogP contribution is 2.27. The molecule has 0 unspecified atom stereocenters. The van der Waals surface area contributed by atoms with Crippen LogP contribution in [0.2, 0.25) is 0 Å². The Morgan fingerprint density at radius 1 is 1.23 bits per heavy atom. The van der Waals surface area contributed by atoms with Crippen LogP contribution in [0.1, 0.15) is 37.7 Å². The number of hydrogen-bond acceptors (Lipinski definition) is 3. The highest BCUT2D eigenvalue weighted by atomic mass is 16.5. The Morgan fingerprint density at radius 3 is 2.41 bits per heavy atom. The zero-order valence-electron chi connectivity index (χ0n) is 13.1. The summed E-state index contributed by atoms with van der Waals surface area (Å²) in [5.41, 5.74) is 0.960. The van der Waals surface area contributed by atoms with Gasteiger partial charge in [0.2, 0.25) is 0 Å². The summed E-state index contributed by atoms with van der Waals surface area (Å²) in [6.45, 7) is 0.941. The van der Waals surface area contributed by atoms with Crippen molar-refractivity contribution >= 4 is 6.09 Å². The van der Waals surface area contributed by atoms with Crippen LogP contribution in [0.4, 0.5) is 4.79 Å². The van der Waals surface area contributed by atoms with Gasteiger partial charge >= 0.3 is 6.09 Å². The second kappa shape index (κ2) is 8.03. The first-order chi connectivity index (χ1) is 10.6. The van der Waals surface area contributed by atoms with Gasteiger partial charge in [-0.2, -0.15) is 0 Å². The number of nitrogens with zero attached hydrogens (tertiary/aromatic N) is 1. The quantitative estimate of drug-likeness (QED) is 0.847. The van der Waals surface area contributed by atoms with E-state index in [9.17, 15) is 15.0 Å². The molecule has 0 spiro atoms. The molecular formula is C17H25NO4. The fraction of sp³-hybridized carbons (Fsp3) is 0.588. The minimum absolute atomic E-state index is 0.161. The van der Waals surface area contributed by atoms with E-state index in [0.29, 0.717) is 19.0 Å². The van der Waals surface area contributed by atoms with E-state index in [1.165, 1.54) is 4.90 Å². The Balaban J connectivity index is 1.85.